The van der Waals surface area contributed by atoms with Gasteiger partial charge < -0.3 is 19.9 Å². The van der Waals surface area contributed by atoms with Crippen LogP contribution in [0.5, 0.6) is 0 Å². The molecule has 30 heavy (non-hydrogen) atoms. The molecule has 0 spiro atoms. The highest BCUT2D eigenvalue weighted by Gasteiger charge is 2.40. The number of hydrogen-bond acceptors (Lipinski definition) is 4. The van der Waals surface area contributed by atoms with E-state index in [9.17, 15) is 23.2 Å². The Morgan fingerprint density at radius 2 is 1.93 bits per heavy atom. The van der Waals surface area contributed by atoms with Crippen molar-refractivity contribution in [2.75, 3.05) is 37.6 Å². The molecule has 1 aromatic carbocycles. The van der Waals surface area contributed by atoms with Crippen LogP contribution in [0.4, 0.5) is 24.1 Å². The lowest BCUT2D eigenvalue weighted by atomic mass is 10.0. The van der Waals surface area contributed by atoms with E-state index in [1.54, 1.807) is 15.9 Å². The fraction of sp³-hybridized carbons (Fsp3) is 0.450. The summed E-state index contributed by atoms with van der Waals surface area (Å²) in [5.74, 6) is -1.89. The van der Waals surface area contributed by atoms with Gasteiger partial charge in [0.2, 0.25) is 5.91 Å². The first-order chi connectivity index (χ1) is 14.3. The molecule has 10 heteroatoms. The van der Waals surface area contributed by atoms with E-state index >= 15 is 0 Å². The molecule has 2 fully saturated rings. The number of fused-ring (bicyclic) bond motifs is 1. The summed E-state index contributed by atoms with van der Waals surface area (Å²) in [6.45, 7) is 4.62. The maximum absolute atomic E-state index is 14.9. The average molecular weight is 420 g/mol. The van der Waals surface area contributed by atoms with E-state index in [2.05, 4.69) is 5.32 Å². The summed E-state index contributed by atoms with van der Waals surface area (Å²) in [6.07, 6.45) is 0.384. The van der Waals surface area contributed by atoms with E-state index in [4.69, 9.17) is 4.74 Å². The van der Waals surface area contributed by atoms with E-state index in [-0.39, 0.29) is 48.9 Å². The maximum atomic E-state index is 14.9. The van der Waals surface area contributed by atoms with Gasteiger partial charge in [-0.1, -0.05) is 6.08 Å². The first-order valence-electron chi connectivity index (χ1n) is 9.76. The third kappa shape index (κ3) is 3.46. The van der Waals surface area contributed by atoms with Gasteiger partial charge in [0.25, 0.3) is 0 Å². The minimum absolute atomic E-state index is 0.0383. The van der Waals surface area contributed by atoms with E-state index in [0.29, 0.717) is 18.7 Å². The van der Waals surface area contributed by atoms with Gasteiger partial charge in [-0.2, -0.15) is 0 Å². The molecule has 8 nitrogen and oxygen atoms in total. The van der Waals surface area contributed by atoms with Gasteiger partial charge in [0.05, 0.1) is 30.4 Å². The molecule has 3 aliphatic rings. The molecule has 1 N–H and O–H groups in total. The topological polar surface area (TPSA) is 82.2 Å². The van der Waals surface area contributed by atoms with Crippen LogP contribution in [-0.2, 0) is 9.53 Å². The number of amides is 4. The molecule has 4 rings (SSSR count). The van der Waals surface area contributed by atoms with Crippen molar-refractivity contribution in [3.8, 4) is 0 Å². The third-order valence-corrected chi connectivity index (χ3v) is 5.55. The minimum Gasteiger partial charge on any atom is -0.442 e. The van der Waals surface area contributed by atoms with Gasteiger partial charge in [0.15, 0.2) is 0 Å². The van der Waals surface area contributed by atoms with Crippen LogP contribution in [0.15, 0.2) is 18.2 Å². The number of cyclic esters (lactones) is 1. The summed E-state index contributed by atoms with van der Waals surface area (Å²) in [6, 6.07) is 1.83. The van der Waals surface area contributed by atoms with Gasteiger partial charge in [-0.25, -0.2) is 18.4 Å². The zero-order chi connectivity index (χ0) is 21.6. The quantitative estimate of drug-likeness (QED) is 0.790. The predicted molar refractivity (Wildman–Crippen MR) is 104 cm³/mol. The maximum Gasteiger partial charge on any atom is 0.414 e. The van der Waals surface area contributed by atoms with E-state index in [1.807, 2.05) is 6.92 Å². The molecule has 4 amide bonds. The fourth-order valence-corrected chi connectivity index (χ4v) is 4.07. The summed E-state index contributed by atoms with van der Waals surface area (Å²) in [4.78, 5) is 39.8. The highest BCUT2D eigenvalue weighted by Crippen LogP contribution is 2.35. The van der Waals surface area contributed by atoms with Crippen LogP contribution in [0.25, 0.3) is 5.57 Å². The normalized spacial score (nSPS) is 23.1. The number of anilines is 1. The molecule has 3 aliphatic heterocycles. The van der Waals surface area contributed by atoms with Gasteiger partial charge in [-0.05, 0) is 24.6 Å². The Balaban J connectivity index is 1.53. The van der Waals surface area contributed by atoms with Crippen LogP contribution in [0.2, 0.25) is 0 Å². The zero-order valence-corrected chi connectivity index (χ0v) is 16.7. The Morgan fingerprint density at radius 1 is 1.23 bits per heavy atom. The molecule has 0 bridgehead atoms. The van der Waals surface area contributed by atoms with Crippen molar-refractivity contribution in [2.24, 2.45) is 0 Å². The molecule has 3 heterocycles. The first kappa shape index (κ1) is 20.1. The summed E-state index contributed by atoms with van der Waals surface area (Å²) in [5.41, 5.74) is 0.265. The largest absolute Gasteiger partial charge is 0.442 e. The molecule has 160 valence electrons. The molecular formula is C20H22F2N4O4. The molecule has 2 atom stereocenters. The van der Waals surface area contributed by atoms with Crippen molar-refractivity contribution in [1.29, 1.82) is 0 Å². The summed E-state index contributed by atoms with van der Waals surface area (Å²) >= 11 is 0. The van der Waals surface area contributed by atoms with Crippen LogP contribution < -0.4 is 10.2 Å². The Morgan fingerprint density at radius 3 is 2.53 bits per heavy atom. The Kier molecular flexibility index (Phi) is 5.08. The highest BCUT2D eigenvalue weighted by atomic mass is 19.1. The second-order valence-corrected chi connectivity index (χ2v) is 7.55. The average Bonchev–Trinajstić information content (AvgIpc) is 3.33. The number of likely N-dealkylation sites (N-methyl/N-ethyl adjacent to an activating group) is 1. The number of ether oxygens (including phenoxy) is 1. The number of hydrogen-bond donors (Lipinski definition) is 1. The zero-order valence-electron chi connectivity index (χ0n) is 16.7. The monoisotopic (exact) mass is 420 g/mol. The fourth-order valence-electron chi connectivity index (χ4n) is 4.07. The number of benzene rings is 1. The molecule has 0 aliphatic carbocycles. The summed E-state index contributed by atoms with van der Waals surface area (Å²) in [5, 5.41) is 2.55. The van der Waals surface area contributed by atoms with E-state index in [0.717, 1.165) is 17.0 Å². The van der Waals surface area contributed by atoms with Gasteiger partial charge in [-0.3, -0.25) is 9.69 Å². The van der Waals surface area contributed by atoms with Crippen LogP contribution in [0, 0.1) is 11.6 Å². The molecule has 1 aromatic rings. The lowest BCUT2D eigenvalue weighted by molar-refractivity contribution is -0.119. The van der Waals surface area contributed by atoms with Crippen molar-refractivity contribution in [2.45, 2.75) is 26.0 Å². The molecule has 0 radical (unpaired) electrons. The smallest absolute Gasteiger partial charge is 0.414 e. The Hall–Kier alpha value is -3.17. The molecule has 2 saturated heterocycles. The van der Waals surface area contributed by atoms with Crippen molar-refractivity contribution < 1.29 is 27.9 Å². The van der Waals surface area contributed by atoms with Crippen molar-refractivity contribution in [3.05, 3.63) is 35.4 Å². The standard InChI is InChI=1S/C20H22F2N4O4/c1-3-24-9-14-4-12(8-25(14)19(24)28)18-16(21)5-13(6-17(18)22)26-10-15(30-20(26)29)7-23-11(2)27/h4-6,14-15H,3,7-10H2,1-2H3,(H,23,27)/t14?,15-/m0/s1. The lowest BCUT2D eigenvalue weighted by Crippen LogP contribution is -2.33. The summed E-state index contributed by atoms with van der Waals surface area (Å²) < 4.78 is 34.9. The van der Waals surface area contributed by atoms with Gasteiger partial charge >= 0.3 is 12.1 Å². The first-order valence-corrected chi connectivity index (χ1v) is 9.76. The summed E-state index contributed by atoms with van der Waals surface area (Å²) in [7, 11) is 0. The minimum atomic E-state index is -0.810. The SMILES string of the molecule is CCN1CC2C=C(c3c(F)cc(N4C[C@H](CNC(C)=O)OC4=O)cc3F)CN2C1=O. The number of carbonyl (C=O) groups is 3. The van der Waals surface area contributed by atoms with Crippen LogP contribution in [0.3, 0.4) is 0 Å². The van der Waals surface area contributed by atoms with Crippen LogP contribution in [0.1, 0.15) is 19.4 Å². The van der Waals surface area contributed by atoms with Crippen molar-refractivity contribution in [3.63, 3.8) is 0 Å². The number of urea groups is 1. The van der Waals surface area contributed by atoms with E-state index in [1.165, 1.54) is 6.92 Å². The molecular weight excluding hydrogens is 398 g/mol. The van der Waals surface area contributed by atoms with Crippen molar-refractivity contribution in [1.82, 2.24) is 15.1 Å². The highest BCUT2D eigenvalue weighted by molar-refractivity contribution is 5.90. The van der Waals surface area contributed by atoms with Crippen LogP contribution >= 0.6 is 0 Å². The Bertz CT molecular complexity index is 928. The van der Waals surface area contributed by atoms with Gasteiger partial charge in [-0.15, -0.1) is 0 Å². The second-order valence-electron chi connectivity index (χ2n) is 7.55. The van der Waals surface area contributed by atoms with Crippen molar-refractivity contribution >= 4 is 29.3 Å². The number of carbonyl (C=O) groups excluding carboxylic acids is 3. The second kappa shape index (κ2) is 7.58. The molecule has 0 aromatic heterocycles. The van der Waals surface area contributed by atoms with E-state index < -0.39 is 23.8 Å². The predicted octanol–water partition coefficient (Wildman–Crippen LogP) is 1.95. The van der Waals surface area contributed by atoms with Crippen LogP contribution in [-0.4, -0.2) is 72.7 Å². The third-order valence-electron chi connectivity index (χ3n) is 5.55. The van der Waals surface area contributed by atoms with Gasteiger partial charge in [0.1, 0.15) is 17.7 Å². The molecule has 0 saturated carbocycles. The number of nitrogens with one attached hydrogen (secondary N) is 1. The number of halogens is 2. The van der Waals surface area contributed by atoms with Gasteiger partial charge in [0, 0.05) is 26.6 Å². The molecule has 1 unspecified atom stereocenters. The lowest BCUT2D eigenvalue weighted by Gasteiger charge is -2.18. The Labute approximate surface area is 172 Å². The number of nitrogens with zero attached hydrogens (tertiary/aromatic N) is 3. The number of rotatable bonds is 5.